The zero-order valence-corrected chi connectivity index (χ0v) is 15.7. The lowest BCUT2D eigenvalue weighted by molar-refractivity contribution is -0.187. The minimum absolute atomic E-state index is 0.122. The van der Waals surface area contributed by atoms with Crippen molar-refractivity contribution in [3.8, 4) is 0 Å². The van der Waals surface area contributed by atoms with E-state index >= 15 is 0 Å². The lowest BCUT2D eigenvalue weighted by Crippen LogP contribution is -2.66. The van der Waals surface area contributed by atoms with Gasteiger partial charge >= 0.3 is 0 Å². The molecule has 6 heteroatoms. The van der Waals surface area contributed by atoms with E-state index in [1.54, 1.807) is 18.5 Å². The van der Waals surface area contributed by atoms with Crippen molar-refractivity contribution in [3.05, 3.63) is 53.9 Å². The maximum atomic E-state index is 12.5. The van der Waals surface area contributed by atoms with Gasteiger partial charge in [0, 0.05) is 18.9 Å². The molecule has 0 aliphatic carbocycles. The van der Waals surface area contributed by atoms with E-state index in [0.29, 0.717) is 18.3 Å². The second-order valence-electron chi connectivity index (χ2n) is 7.76. The summed E-state index contributed by atoms with van der Waals surface area (Å²) in [5, 5.41) is 3.27. The minimum atomic E-state index is -0.122. The van der Waals surface area contributed by atoms with E-state index in [1.807, 2.05) is 17.0 Å². The van der Waals surface area contributed by atoms with Gasteiger partial charge in [0.25, 0.3) is 0 Å². The average Bonchev–Trinajstić information content (AvgIpc) is 2.67. The van der Waals surface area contributed by atoms with Crippen molar-refractivity contribution in [2.75, 3.05) is 31.6 Å². The third kappa shape index (κ3) is 4.27. The Balaban J connectivity index is 1.20. The van der Waals surface area contributed by atoms with Crippen molar-refractivity contribution in [3.63, 3.8) is 0 Å². The number of carbonyl (C=O) groups excluding carboxylic acids is 1. The summed E-state index contributed by atoms with van der Waals surface area (Å²) in [4.78, 5) is 22.8. The van der Waals surface area contributed by atoms with E-state index in [4.69, 9.17) is 4.74 Å². The molecule has 1 aromatic heterocycles. The van der Waals surface area contributed by atoms with Gasteiger partial charge in [-0.25, -0.2) is 9.97 Å². The molecule has 0 saturated carbocycles. The Kier molecular flexibility index (Phi) is 5.07. The summed E-state index contributed by atoms with van der Waals surface area (Å²) in [6.07, 6.45) is 6.04. The van der Waals surface area contributed by atoms with Gasteiger partial charge in [0.15, 0.2) is 0 Å². The first-order chi connectivity index (χ1) is 13.1. The van der Waals surface area contributed by atoms with E-state index in [-0.39, 0.29) is 11.5 Å². The molecule has 1 N–H and O–H groups in total. The molecule has 4 rings (SSSR count). The van der Waals surface area contributed by atoms with E-state index in [2.05, 4.69) is 34.3 Å². The summed E-state index contributed by atoms with van der Waals surface area (Å²) < 4.78 is 6.17. The molecule has 1 aromatic carbocycles. The quantitative estimate of drug-likeness (QED) is 0.880. The lowest BCUT2D eigenvalue weighted by Gasteiger charge is -2.52. The number of hydrogen-bond acceptors (Lipinski definition) is 5. The Labute approximate surface area is 160 Å². The van der Waals surface area contributed by atoms with Crippen LogP contribution in [0.4, 0.5) is 5.95 Å². The largest absolute Gasteiger partial charge is 0.371 e. The van der Waals surface area contributed by atoms with Gasteiger partial charge in [0.2, 0.25) is 11.9 Å². The average molecular weight is 366 g/mol. The maximum absolute atomic E-state index is 12.5. The number of likely N-dealkylation sites (tertiary alicyclic amines) is 1. The monoisotopic (exact) mass is 366 g/mol. The molecule has 0 unspecified atom stereocenters. The number of benzene rings is 1. The molecule has 2 aromatic rings. The van der Waals surface area contributed by atoms with Crippen LogP contribution in [0.1, 0.15) is 24.0 Å². The molecule has 1 amide bonds. The summed E-state index contributed by atoms with van der Waals surface area (Å²) in [6.45, 7) is 5.04. The van der Waals surface area contributed by atoms with Crippen LogP contribution in [0.25, 0.3) is 0 Å². The number of rotatable bonds is 5. The lowest BCUT2D eigenvalue weighted by atomic mass is 9.82. The van der Waals surface area contributed by atoms with E-state index in [0.717, 1.165) is 44.6 Å². The number of carbonyl (C=O) groups is 1. The summed E-state index contributed by atoms with van der Waals surface area (Å²) in [5.41, 5.74) is 2.17. The first-order valence-electron chi connectivity index (χ1n) is 9.60. The van der Waals surface area contributed by atoms with Gasteiger partial charge < -0.3 is 15.0 Å². The van der Waals surface area contributed by atoms with Crippen LogP contribution < -0.4 is 5.32 Å². The molecule has 1 atom stereocenters. The van der Waals surface area contributed by atoms with Gasteiger partial charge in [-0.15, -0.1) is 0 Å². The number of aryl methyl sites for hydroxylation is 1. The molecule has 142 valence electrons. The Morgan fingerprint density at radius 2 is 2.00 bits per heavy atom. The summed E-state index contributed by atoms with van der Waals surface area (Å²) in [5.74, 6) is 1.31. The van der Waals surface area contributed by atoms with Gasteiger partial charge in [0.1, 0.15) is 5.60 Å². The fourth-order valence-corrected chi connectivity index (χ4v) is 3.77. The van der Waals surface area contributed by atoms with Crippen molar-refractivity contribution in [1.82, 2.24) is 14.9 Å². The summed E-state index contributed by atoms with van der Waals surface area (Å²) in [7, 11) is 0. The molecule has 0 bridgehead atoms. The molecule has 1 spiro atoms. The molecule has 2 fully saturated rings. The maximum Gasteiger partial charge on any atom is 0.227 e. The molecule has 2 aliphatic heterocycles. The van der Waals surface area contributed by atoms with Crippen LogP contribution in [0.3, 0.4) is 0 Å². The second kappa shape index (κ2) is 7.64. The minimum Gasteiger partial charge on any atom is -0.371 e. The number of anilines is 1. The van der Waals surface area contributed by atoms with Gasteiger partial charge in [-0.3, -0.25) is 4.79 Å². The highest BCUT2D eigenvalue weighted by Gasteiger charge is 2.48. The predicted molar refractivity (Wildman–Crippen MR) is 103 cm³/mol. The molecular weight excluding hydrogens is 340 g/mol. The molecule has 0 radical (unpaired) electrons. The zero-order valence-electron chi connectivity index (χ0n) is 15.7. The van der Waals surface area contributed by atoms with Gasteiger partial charge in [-0.1, -0.05) is 29.8 Å². The highest BCUT2D eigenvalue weighted by molar-refractivity contribution is 5.80. The van der Waals surface area contributed by atoms with Crippen molar-refractivity contribution in [2.45, 2.75) is 31.8 Å². The molecule has 2 saturated heterocycles. The summed E-state index contributed by atoms with van der Waals surface area (Å²) >= 11 is 0. The number of aromatic nitrogens is 2. The normalized spacial score (nSPS) is 20.9. The second-order valence-corrected chi connectivity index (χ2v) is 7.76. The molecular formula is C21H26N4O2. The third-order valence-electron chi connectivity index (χ3n) is 5.53. The zero-order chi connectivity index (χ0) is 18.7. The predicted octanol–water partition coefficient (Wildman–Crippen LogP) is 2.45. The van der Waals surface area contributed by atoms with Crippen LogP contribution in [0.15, 0.2) is 42.7 Å². The smallest absolute Gasteiger partial charge is 0.227 e. The SMILES string of the molecule is Cc1ccc(CC(=O)N2CC3(CC[C@@H](CNc4ncccn4)CO3)C2)cc1. The van der Waals surface area contributed by atoms with E-state index < -0.39 is 0 Å². The number of ether oxygens (including phenoxy) is 1. The fourth-order valence-electron chi connectivity index (χ4n) is 3.77. The highest BCUT2D eigenvalue weighted by atomic mass is 16.5. The van der Waals surface area contributed by atoms with Gasteiger partial charge in [-0.05, 0) is 37.3 Å². The van der Waals surface area contributed by atoms with E-state index in [1.165, 1.54) is 5.56 Å². The van der Waals surface area contributed by atoms with Crippen LogP contribution in [0, 0.1) is 12.8 Å². The number of amides is 1. The Morgan fingerprint density at radius 1 is 1.26 bits per heavy atom. The number of hydrogen-bond donors (Lipinski definition) is 1. The first-order valence-corrected chi connectivity index (χ1v) is 9.60. The third-order valence-corrected chi connectivity index (χ3v) is 5.53. The van der Waals surface area contributed by atoms with Crippen LogP contribution in [0.5, 0.6) is 0 Å². The molecule has 27 heavy (non-hydrogen) atoms. The Bertz CT molecular complexity index is 763. The van der Waals surface area contributed by atoms with Crippen molar-refractivity contribution in [2.24, 2.45) is 5.92 Å². The fraction of sp³-hybridized carbons (Fsp3) is 0.476. The highest BCUT2D eigenvalue weighted by Crippen LogP contribution is 2.36. The number of nitrogens with zero attached hydrogens (tertiary/aromatic N) is 3. The Hall–Kier alpha value is -2.47. The molecule has 3 heterocycles. The first kappa shape index (κ1) is 17.9. The summed E-state index contributed by atoms with van der Waals surface area (Å²) in [6, 6.07) is 9.99. The molecule has 6 nitrogen and oxygen atoms in total. The van der Waals surface area contributed by atoms with E-state index in [9.17, 15) is 4.79 Å². The standard InChI is InChI=1S/C21H26N4O2/c1-16-3-5-17(6-4-16)11-19(26)25-14-21(15-25)8-7-18(13-27-21)12-24-20-22-9-2-10-23-20/h2-6,9-10,18H,7-8,11-15H2,1H3,(H,22,23,24)/t18-/m0/s1. The topological polar surface area (TPSA) is 67.4 Å². The van der Waals surface area contributed by atoms with Crippen molar-refractivity contribution in [1.29, 1.82) is 0 Å². The van der Waals surface area contributed by atoms with Crippen LogP contribution in [0.2, 0.25) is 0 Å². The van der Waals surface area contributed by atoms with Crippen LogP contribution in [-0.4, -0.2) is 52.6 Å². The molecule has 2 aliphatic rings. The van der Waals surface area contributed by atoms with Crippen molar-refractivity contribution >= 4 is 11.9 Å². The van der Waals surface area contributed by atoms with Crippen molar-refractivity contribution < 1.29 is 9.53 Å². The van der Waals surface area contributed by atoms with Gasteiger partial charge in [0.05, 0.1) is 26.1 Å². The number of nitrogens with one attached hydrogen (secondary N) is 1. The van der Waals surface area contributed by atoms with Crippen LogP contribution in [-0.2, 0) is 16.0 Å². The Morgan fingerprint density at radius 3 is 2.67 bits per heavy atom. The van der Waals surface area contributed by atoms with Gasteiger partial charge in [-0.2, -0.15) is 0 Å². The van der Waals surface area contributed by atoms with Crippen LogP contribution >= 0.6 is 0 Å².